The number of hydrogen-bond donors (Lipinski definition) is 2. The highest BCUT2D eigenvalue weighted by molar-refractivity contribution is 6.10. The molecular formula is C20H24F3N3O3. The number of alkyl halides is 3. The molecule has 2 aliphatic rings. The molecule has 1 saturated heterocycles. The second-order valence-corrected chi connectivity index (χ2v) is 8.88. The molecule has 1 heterocycles. The second kappa shape index (κ2) is 7.03. The van der Waals surface area contributed by atoms with Crippen molar-refractivity contribution in [2.75, 3.05) is 11.9 Å². The van der Waals surface area contributed by atoms with Crippen molar-refractivity contribution in [1.82, 2.24) is 10.2 Å². The van der Waals surface area contributed by atoms with Crippen LogP contribution >= 0.6 is 0 Å². The van der Waals surface area contributed by atoms with Gasteiger partial charge in [0.2, 0.25) is 5.91 Å². The predicted octanol–water partition coefficient (Wildman–Crippen LogP) is 3.78. The van der Waals surface area contributed by atoms with Crippen molar-refractivity contribution in [3.63, 3.8) is 0 Å². The van der Waals surface area contributed by atoms with Crippen molar-refractivity contribution in [2.24, 2.45) is 11.3 Å². The van der Waals surface area contributed by atoms with Crippen molar-refractivity contribution in [1.29, 1.82) is 0 Å². The Bertz CT molecular complexity index is 853. The lowest BCUT2D eigenvalue weighted by atomic mass is 9.64. The van der Waals surface area contributed by atoms with Gasteiger partial charge in [-0.3, -0.25) is 14.5 Å². The molecule has 9 heteroatoms. The van der Waals surface area contributed by atoms with Gasteiger partial charge in [-0.25, -0.2) is 4.79 Å². The lowest BCUT2D eigenvalue weighted by molar-refractivity contribution is -0.137. The van der Waals surface area contributed by atoms with Gasteiger partial charge in [0.25, 0.3) is 5.91 Å². The van der Waals surface area contributed by atoms with Crippen LogP contribution < -0.4 is 10.6 Å². The maximum Gasteiger partial charge on any atom is 0.416 e. The van der Waals surface area contributed by atoms with E-state index in [0.29, 0.717) is 12.8 Å². The molecule has 0 bridgehead atoms. The third kappa shape index (κ3) is 4.38. The monoisotopic (exact) mass is 411 g/mol. The van der Waals surface area contributed by atoms with Crippen LogP contribution in [-0.2, 0) is 15.8 Å². The van der Waals surface area contributed by atoms with Crippen LogP contribution in [0.25, 0.3) is 0 Å². The van der Waals surface area contributed by atoms with Gasteiger partial charge in [0.15, 0.2) is 0 Å². The largest absolute Gasteiger partial charge is 0.416 e. The fourth-order valence-electron chi connectivity index (χ4n) is 4.77. The minimum Gasteiger partial charge on any atom is -0.325 e. The molecule has 0 aromatic heterocycles. The number of anilines is 1. The van der Waals surface area contributed by atoms with Crippen molar-refractivity contribution < 1.29 is 27.6 Å². The van der Waals surface area contributed by atoms with E-state index in [4.69, 9.17) is 0 Å². The first-order valence-corrected chi connectivity index (χ1v) is 9.43. The number of amides is 4. The summed E-state index contributed by atoms with van der Waals surface area (Å²) in [6, 6.07) is 3.52. The number of halogens is 3. The molecule has 0 unspecified atom stereocenters. The van der Waals surface area contributed by atoms with Crippen LogP contribution in [0.4, 0.5) is 23.7 Å². The quantitative estimate of drug-likeness (QED) is 0.743. The van der Waals surface area contributed by atoms with E-state index in [9.17, 15) is 27.6 Å². The molecule has 2 fully saturated rings. The van der Waals surface area contributed by atoms with Gasteiger partial charge >= 0.3 is 12.2 Å². The third-order valence-corrected chi connectivity index (χ3v) is 5.40. The van der Waals surface area contributed by atoms with Crippen LogP contribution in [-0.4, -0.2) is 34.8 Å². The smallest absolute Gasteiger partial charge is 0.325 e. The number of nitrogens with one attached hydrogen (secondary N) is 2. The van der Waals surface area contributed by atoms with Gasteiger partial charge in [0, 0.05) is 5.69 Å². The fraction of sp³-hybridized carbons (Fsp3) is 0.550. The van der Waals surface area contributed by atoms with E-state index in [0.717, 1.165) is 23.5 Å². The Kier molecular flexibility index (Phi) is 5.13. The van der Waals surface area contributed by atoms with Crippen LogP contribution in [0.15, 0.2) is 24.3 Å². The molecule has 29 heavy (non-hydrogen) atoms. The fourth-order valence-corrected chi connectivity index (χ4v) is 4.77. The van der Waals surface area contributed by atoms with Crippen molar-refractivity contribution in [3.8, 4) is 0 Å². The first-order valence-electron chi connectivity index (χ1n) is 9.43. The topological polar surface area (TPSA) is 78.5 Å². The molecular weight excluding hydrogens is 387 g/mol. The Morgan fingerprint density at radius 1 is 1.28 bits per heavy atom. The number of rotatable bonds is 3. The number of hydrogen-bond acceptors (Lipinski definition) is 3. The molecule has 1 spiro atoms. The van der Waals surface area contributed by atoms with E-state index in [1.807, 2.05) is 20.8 Å². The number of carbonyl (C=O) groups is 3. The van der Waals surface area contributed by atoms with E-state index in [1.165, 1.54) is 12.1 Å². The second-order valence-electron chi connectivity index (χ2n) is 8.88. The molecule has 1 saturated carbocycles. The highest BCUT2D eigenvalue weighted by Crippen LogP contribution is 2.46. The summed E-state index contributed by atoms with van der Waals surface area (Å²) in [5.41, 5.74) is -2.13. The average Bonchev–Trinajstić information content (AvgIpc) is 2.76. The van der Waals surface area contributed by atoms with Gasteiger partial charge in [-0.05, 0) is 48.8 Å². The van der Waals surface area contributed by atoms with Crippen LogP contribution in [0, 0.1) is 11.3 Å². The molecule has 1 aromatic carbocycles. The standard InChI is InChI=1S/C20H24F3N3O3/c1-12-8-18(2,3)11-19(9-12)16(28)26(17(29)25-19)10-15(27)24-14-6-4-5-13(7-14)20(21,22)23/h4-7,12H,8-11H2,1-3H3,(H,24,27)(H,25,29)/t12-,19+/m1/s1. The van der Waals surface area contributed by atoms with Crippen LogP contribution in [0.5, 0.6) is 0 Å². The minimum absolute atomic E-state index is 0.0565. The summed E-state index contributed by atoms with van der Waals surface area (Å²) < 4.78 is 38.4. The van der Waals surface area contributed by atoms with Crippen molar-refractivity contribution in [2.45, 2.75) is 51.7 Å². The Hall–Kier alpha value is -2.58. The lowest BCUT2D eigenvalue weighted by Crippen LogP contribution is -2.54. The summed E-state index contributed by atoms with van der Waals surface area (Å²) in [6.45, 7) is 5.53. The summed E-state index contributed by atoms with van der Waals surface area (Å²) in [5.74, 6) is -0.976. The molecule has 6 nitrogen and oxygen atoms in total. The van der Waals surface area contributed by atoms with E-state index in [1.54, 1.807) is 0 Å². The number of urea groups is 1. The molecule has 0 radical (unpaired) electrons. The van der Waals surface area contributed by atoms with Gasteiger partial charge in [-0.2, -0.15) is 13.2 Å². The molecule has 1 aliphatic carbocycles. The van der Waals surface area contributed by atoms with Crippen LogP contribution in [0.1, 0.15) is 45.6 Å². The highest BCUT2D eigenvalue weighted by Gasteiger charge is 2.56. The maximum atomic E-state index is 13.0. The Morgan fingerprint density at radius 3 is 2.59 bits per heavy atom. The van der Waals surface area contributed by atoms with Crippen molar-refractivity contribution >= 4 is 23.5 Å². The minimum atomic E-state index is -4.54. The highest BCUT2D eigenvalue weighted by atomic mass is 19.4. The number of nitrogens with zero attached hydrogens (tertiary/aromatic N) is 1. The Balaban J connectivity index is 1.71. The summed E-state index contributed by atoms with van der Waals surface area (Å²) in [7, 11) is 0. The molecule has 4 amide bonds. The zero-order chi connectivity index (χ0) is 21.6. The summed E-state index contributed by atoms with van der Waals surface area (Å²) >= 11 is 0. The summed E-state index contributed by atoms with van der Waals surface area (Å²) in [5, 5.41) is 5.09. The summed E-state index contributed by atoms with van der Waals surface area (Å²) in [4.78, 5) is 38.6. The molecule has 3 rings (SSSR count). The third-order valence-electron chi connectivity index (χ3n) is 5.40. The first kappa shape index (κ1) is 21.1. The van der Waals surface area contributed by atoms with Crippen LogP contribution in [0.2, 0.25) is 0 Å². The maximum absolute atomic E-state index is 13.0. The lowest BCUT2D eigenvalue weighted by Gasteiger charge is -2.43. The molecule has 1 aromatic rings. The zero-order valence-corrected chi connectivity index (χ0v) is 16.5. The molecule has 1 aliphatic heterocycles. The predicted molar refractivity (Wildman–Crippen MR) is 99.8 cm³/mol. The van der Waals surface area contributed by atoms with Crippen molar-refractivity contribution in [3.05, 3.63) is 29.8 Å². The zero-order valence-electron chi connectivity index (χ0n) is 16.5. The summed E-state index contributed by atoms with van der Waals surface area (Å²) in [6.07, 6.45) is -2.65. The average molecular weight is 411 g/mol. The van der Waals surface area contributed by atoms with Gasteiger partial charge < -0.3 is 10.6 Å². The first-order chi connectivity index (χ1) is 13.3. The molecule has 2 N–H and O–H groups in total. The Labute approximate surface area is 166 Å². The number of benzene rings is 1. The van der Waals surface area contributed by atoms with E-state index >= 15 is 0 Å². The van der Waals surface area contributed by atoms with E-state index in [-0.39, 0.29) is 17.0 Å². The van der Waals surface area contributed by atoms with Gasteiger partial charge in [-0.1, -0.05) is 26.8 Å². The van der Waals surface area contributed by atoms with E-state index in [2.05, 4.69) is 10.6 Å². The molecule has 158 valence electrons. The van der Waals surface area contributed by atoms with Gasteiger partial charge in [-0.15, -0.1) is 0 Å². The normalized spacial score (nSPS) is 26.6. The molecule has 2 atom stereocenters. The number of imide groups is 1. The van der Waals surface area contributed by atoms with Gasteiger partial charge in [0.05, 0.1) is 5.56 Å². The van der Waals surface area contributed by atoms with E-state index < -0.39 is 41.7 Å². The SMILES string of the molecule is C[C@@H]1CC(C)(C)C[C@]2(C1)NC(=O)N(CC(=O)Nc1cccc(C(F)(F)F)c1)C2=O. The number of carbonyl (C=O) groups excluding carboxylic acids is 3. The Morgan fingerprint density at radius 2 is 1.97 bits per heavy atom. The van der Waals surface area contributed by atoms with Gasteiger partial charge in [0.1, 0.15) is 12.1 Å². The van der Waals surface area contributed by atoms with Crippen LogP contribution in [0.3, 0.4) is 0 Å².